The zero-order valence-corrected chi connectivity index (χ0v) is 12.6. The Kier molecular flexibility index (Phi) is 5.49. The van der Waals surface area contributed by atoms with Crippen LogP contribution in [0.4, 0.5) is 5.69 Å². The normalized spacial score (nSPS) is 17.5. The summed E-state index contributed by atoms with van der Waals surface area (Å²) >= 11 is 0. The van der Waals surface area contributed by atoms with E-state index in [1.807, 2.05) is 0 Å². The largest absolute Gasteiger partial charge is 0.388 e. The summed E-state index contributed by atoms with van der Waals surface area (Å²) in [5.41, 5.74) is -0.502. The Labute approximate surface area is 129 Å². The van der Waals surface area contributed by atoms with Gasteiger partial charge in [-0.15, -0.1) is 0 Å². The van der Waals surface area contributed by atoms with E-state index >= 15 is 0 Å². The average molecular weight is 306 g/mol. The Morgan fingerprint density at radius 3 is 2.50 bits per heavy atom. The molecule has 120 valence electrons. The highest BCUT2D eigenvalue weighted by atomic mass is 16.6. The van der Waals surface area contributed by atoms with Crippen molar-refractivity contribution < 1.29 is 14.8 Å². The zero-order valence-electron chi connectivity index (χ0n) is 12.6. The van der Waals surface area contributed by atoms with Gasteiger partial charge in [0.05, 0.1) is 16.9 Å². The number of aliphatic hydroxyl groups is 1. The number of hydrogen-bond donors (Lipinski definition) is 2. The van der Waals surface area contributed by atoms with Crippen LogP contribution in [0.15, 0.2) is 24.3 Å². The van der Waals surface area contributed by atoms with Gasteiger partial charge < -0.3 is 10.4 Å². The molecule has 0 spiro atoms. The van der Waals surface area contributed by atoms with Gasteiger partial charge in [0, 0.05) is 18.2 Å². The molecule has 0 heterocycles. The van der Waals surface area contributed by atoms with Crippen LogP contribution in [-0.4, -0.2) is 28.1 Å². The molecule has 1 aromatic carbocycles. The van der Waals surface area contributed by atoms with E-state index in [9.17, 15) is 20.0 Å². The second kappa shape index (κ2) is 7.35. The van der Waals surface area contributed by atoms with Crippen molar-refractivity contribution in [2.75, 3.05) is 6.54 Å². The van der Waals surface area contributed by atoms with Gasteiger partial charge in [-0.25, -0.2) is 0 Å². The summed E-state index contributed by atoms with van der Waals surface area (Å²) in [6.07, 6.45) is 5.51. The van der Waals surface area contributed by atoms with E-state index in [4.69, 9.17) is 0 Å². The van der Waals surface area contributed by atoms with Gasteiger partial charge in [-0.1, -0.05) is 43.9 Å². The van der Waals surface area contributed by atoms with Crippen molar-refractivity contribution in [3.05, 3.63) is 39.9 Å². The number of para-hydroxylation sites is 1. The van der Waals surface area contributed by atoms with Gasteiger partial charge >= 0.3 is 0 Å². The van der Waals surface area contributed by atoms with Gasteiger partial charge in [0.2, 0.25) is 5.91 Å². The SMILES string of the molecule is O=C(Cc1ccccc1[N+](=O)[O-])NCC1(O)CCCCCC1. The van der Waals surface area contributed by atoms with Crippen molar-refractivity contribution in [2.45, 2.75) is 50.5 Å². The number of nitro benzene ring substituents is 1. The minimum Gasteiger partial charge on any atom is -0.388 e. The van der Waals surface area contributed by atoms with Crippen LogP contribution < -0.4 is 5.32 Å². The third-order valence-corrected chi connectivity index (χ3v) is 4.19. The molecule has 1 aliphatic rings. The lowest BCUT2D eigenvalue weighted by molar-refractivity contribution is -0.385. The van der Waals surface area contributed by atoms with E-state index in [-0.39, 0.29) is 24.6 Å². The number of carbonyl (C=O) groups excluding carboxylic acids is 1. The van der Waals surface area contributed by atoms with Crippen molar-refractivity contribution in [3.8, 4) is 0 Å². The second-order valence-electron chi connectivity index (χ2n) is 5.98. The molecule has 1 saturated carbocycles. The van der Waals surface area contributed by atoms with E-state index in [1.165, 1.54) is 6.07 Å². The maximum atomic E-state index is 12.0. The standard InChI is InChI=1S/C16H22N2O4/c19-15(11-13-7-3-4-8-14(13)18(21)22)17-12-16(20)9-5-1-2-6-10-16/h3-4,7-8,20H,1-2,5-6,9-12H2,(H,17,19). The van der Waals surface area contributed by atoms with E-state index in [0.29, 0.717) is 18.4 Å². The molecule has 0 aromatic heterocycles. The van der Waals surface area contributed by atoms with Crippen molar-refractivity contribution in [3.63, 3.8) is 0 Å². The zero-order chi connectivity index (χ0) is 16.0. The van der Waals surface area contributed by atoms with Crippen LogP contribution >= 0.6 is 0 Å². The van der Waals surface area contributed by atoms with Crippen molar-refractivity contribution >= 4 is 11.6 Å². The molecule has 0 radical (unpaired) electrons. The molecule has 0 aliphatic heterocycles. The number of rotatable bonds is 5. The number of amides is 1. The van der Waals surface area contributed by atoms with E-state index < -0.39 is 10.5 Å². The first-order chi connectivity index (χ1) is 10.5. The fraction of sp³-hybridized carbons (Fsp3) is 0.562. The van der Waals surface area contributed by atoms with Crippen molar-refractivity contribution in [1.82, 2.24) is 5.32 Å². The van der Waals surface area contributed by atoms with Crippen molar-refractivity contribution in [1.29, 1.82) is 0 Å². The highest BCUT2D eigenvalue weighted by molar-refractivity contribution is 5.79. The molecule has 0 saturated heterocycles. The molecule has 6 heteroatoms. The fourth-order valence-corrected chi connectivity index (χ4v) is 2.90. The first-order valence-electron chi connectivity index (χ1n) is 7.72. The van der Waals surface area contributed by atoms with Crippen LogP contribution in [-0.2, 0) is 11.2 Å². The smallest absolute Gasteiger partial charge is 0.273 e. The summed E-state index contributed by atoms with van der Waals surface area (Å²) in [6, 6.07) is 6.22. The van der Waals surface area contributed by atoms with Crippen LogP contribution in [0.2, 0.25) is 0 Å². The predicted octanol–water partition coefficient (Wildman–Crippen LogP) is 2.34. The average Bonchev–Trinajstić information content (AvgIpc) is 2.71. The number of nitro groups is 1. The second-order valence-corrected chi connectivity index (χ2v) is 5.98. The van der Waals surface area contributed by atoms with E-state index in [0.717, 1.165) is 25.7 Å². The molecule has 1 aliphatic carbocycles. The van der Waals surface area contributed by atoms with Crippen LogP contribution in [0.25, 0.3) is 0 Å². The molecule has 1 amide bonds. The first-order valence-corrected chi connectivity index (χ1v) is 7.72. The molecule has 0 unspecified atom stereocenters. The molecule has 2 N–H and O–H groups in total. The first kappa shape index (κ1) is 16.4. The van der Waals surface area contributed by atoms with E-state index in [1.54, 1.807) is 18.2 Å². The Hall–Kier alpha value is -1.95. The molecule has 22 heavy (non-hydrogen) atoms. The maximum absolute atomic E-state index is 12.0. The summed E-state index contributed by atoms with van der Waals surface area (Å²) < 4.78 is 0. The van der Waals surface area contributed by atoms with Gasteiger partial charge in [0.1, 0.15) is 0 Å². The van der Waals surface area contributed by atoms with Gasteiger partial charge in [-0.05, 0) is 12.8 Å². The van der Waals surface area contributed by atoms with Gasteiger partial charge in [0.15, 0.2) is 0 Å². The molecule has 0 atom stereocenters. The Morgan fingerprint density at radius 1 is 1.23 bits per heavy atom. The Balaban J connectivity index is 1.92. The summed E-state index contributed by atoms with van der Waals surface area (Å²) in [4.78, 5) is 22.5. The molecular formula is C16H22N2O4. The molecular weight excluding hydrogens is 284 g/mol. The number of benzene rings is 1. The quantitative estimate of drug-likeness (QED) is 0.496. The van der Waals surface area contributed by atoms with Gasteiger partial charge in [-0.3, -0.25) is 14.9 Å². The number of hydrogen-bond acceptors (Lipinski definition) is 4. The third-order valence-electron chi connectivity index (χ3n) is 4.19. The number of carbonyl (C=O) groups is 1. The summed E-state index contributed by atoms with van der Waals surface area (Å²) in [5, 5.41) is 24.1. The summed E-state index contributed by atoms with van der Waals surface area (Å²) in [5.74, 6) is -0.299. The predicted molar refractivity (Wildman–Crippen MR) is 82.5 cm³/mol. The topological polar surface area (TPSA) is 92.5 Å². The summed E-state index contributed by atoms with van der Waals surface area (Å²) in [7, 11) is 0. The Bertz CT molecular complexity index is 537. The molecule has 0 bridgehead atoms. The Morgan fingerprint density at radius 2 is 1.86 bits per heavy atom. The maximum Gasteiger partial charge on any atom is 0.273 e. The lowest BCUT2D eigenvalue weighted by Crippen LogP contribution is -2.43. The van der Waals surface area contributed by atoms with Crippen molar-refractivity contribution in [2.24, 2.45) is 0 Å². The highest BCUT2D eigenvalue weighted by Gasteiger charge is 2.28. The monoisotopic (exact) mass is 306 g/mol. The van der Waals surface area contributed by atoms with Gasteiger partial charge in [-0.2, -0.15) is 0 Å². The van der Waals surface area contributed by atoms with Gasteiger partial charge in [0.25, 0.3) is 5.69 Å². The third kappa shape index (κ3) is 4.53. The lowest BCUT2D eigenvalue weighted by atomic mass is 9.94. The molecule has 1 fully saturated rings. The minimum absolute atomic E-state index is 0.0484. The van der Waals surface area contributed by atoms with Crippen LogP contribution in [0.3, 0.4) is 0 Å². The van der Waals surface area contributed by atoms with Crippen LogP contribution in [0.5, 0.6) is 0 Å². The van der Waals surface area contributed by atoms with Crippen LogP contribution in [0.1, 0.15) is 44.1 Å². The number of nitrogens with zero attached hydrogens (tertiary/aromatic N) is 1. The fourth-order valence-electron chi connectivity index (χ4n) is 2.90. The van der Waals surface area contributed by atoms with Crippen LogP contribution in [0, 0.1) is 10.1 Å². The lowest BCUT2D eigenvalue weighted by Gasteiger charge is -2.26. The summed E-state index contributed by atoms with van der Waals surface area (Å²) in [6.45, 7) is 0.215. The molecule has 6 nitrogen and oxygen atoms in total. The van der Waals surface area contributed by atoms with E-state index in [2.05, 4.69) is 5.32 Å². The highest BCUT2D eigenvalue weighted by Crippen LogP contribution is 2.26. The number of nitrogens with one attached hydrogen (secondary N) is 1. The molecule has 1 aromatic rings. The minimum atomic E-state index is -0.839. The molecule has 2 rings (SSSR count).